The highest BCUT2D eigenvalue weighted by Gasteiger charge is 2.17. The van der Waals surface area contributed by atoms with E-state index < -0.39 is 0 Å². The van der Waals surface area contributed by atoms with Gasteiger partial charge < -0.3 is 16.0 Å². The Morgan fingerprint density at radius 1 is 0.789 bits per heavy atom. The summed E-state index contributed by atoms with van der Waals surface area (Å²) in [6.07, 6.45) is 3.57. The second-order valence-corrected chi connectivity index (χ2v) is 8.41. The van der Waals surface area contributed by atoms with Gasteiger partial charge in [0.05, 0.1) is 6.42 Å². The topological polar surface area (TPSA) is 75.4 Å². The third-order valence-electron chi connectivity index (χ3n) is 5.97. The molecule has 1 aliphatic heterocycles. The Balaban J connectivity index is 0.000000247. The van der Waals surface area contributed by atoms with Crippen LogP contribution < -0.4 is 11.1 Å². The Morgan fingerprint density at radius 2 is 1.37 bits per heavy atom. The van der Waals surface area contributed by atoms with E-state index in [9.17, 15) is 9.59 Å². The molecule has 1 saturated heterocycles. The van der Waals surface area contributed by atoms with Crippen molar-refractivity contribution in [3.63, 3.8) is 0 Å². The summed E-state index contributed by atoms with van der Waals surface area (Å²) in [7, 11) is 0. The zero-order valence-electron chi connectivity index (χ0n) is 23.1. The maximum atomic E-state index is 11.7. The Bertz CT molecular complexity index is 1250. The van der Waals surface area contributed by atoms with E-state index in [1.807, 2.05) is 105 Å². The summed E-state index contributed by atoms with van der Waals surface area (Å²) < 4.78 is 0. The molecule has 1 heterocycles. The molecule has 38 heavy (non-hydrogen) atoms. The van der Waals surface area contributed by atoms with Gasteiger partial charge in [-0.2, -0.15) is 0 Å². The maximum absolute atomic E-state index is 11.7. The summed E-state index contributed by atoms with van der Waals surface area (Å²) in [5.74, 6) is 0.272. The predicted molar refractivity (Wildman–Crippen MR) is 162 cm³/mol. The predicted octanol–water partition coefficient (Wildman–Crippen LogP) is 7.56. The molecule has 0 aliphatic carbocycles. The van der Waals surface area contributed by atoms with Crippen molar-refractivity contribution in [2.75, 3.05) is 24.1 Å². The number of benzene rings is 4. The zero-order chi connectivity index (χ0) is 27.8. The van der Waals surface area contributed by atoms with E-state index in [2.05, 4.69) is 23.5 Å². The van der Waals surface area contributed by atoms with E-state index in [1.54, 1.807) is 0 Å². The van der Waals surface area contributed by atoms with Crippen molar-refractivity contribution >= 4 is 34.5 Å². The van der Waals surface area contributed by atoms with E-state index in [0.717, 1.165) is 51.9 Å². The van der Waals surface area contributed by atoms with E-state index in [4.69, 9.17) is 5.73 Å². The second kappa shape index (κ2) is 16.6. The van der Waals surface area contributed by atoms with Crippen LogP contribution in [-0.4, -0.2) is 30.3 Å². The highest BCUT2D eigenvalue weighted by Crippen LogP contribution is 2.26. The first-order valence-electron chi connectivity index (χ1n) is 13.5. The third kappa shape index (κ3) is 9.07. The number of hydrogen-bond donors (Lipinski definition) is 2. The van der Waals surface area contributed by atoms with Crippen molar-refractivity contribution in [3.8, 4) is 11.1 Å². The monoisotopic (exact) mass is 511 g/mol. The lowest BCUT2D eigenvalue weighted by atomic mass is 10.0. The average molecular weight is 512 g/mol. The molecule has 0 atom stereocenters. The number of nitrogens with zero attached hydrogens (tertiary/aromatic N) is 1. The first-order chi connectivity index (χ1) is 18.6. The minimum Gasteiger partial charge on any atom is -0.399 e. The number of hydrogen-bond acceptors (Lipinski definition) is 3. The SMILES string of the molecule is CC.CC.Nc1ccc2cc(-c3ccc(NC=O)cc3)ccc2c1.O=C(Cc1ccccc1)N1CCCC1. The molecule has 0 bridgehead atoms. The molecule has 1 fully saturated rings. The van der Waals surface area contributed by atoms with Gasteiger partial charge in [-0.3, -0.25) is 9.59 Å². The van der Waals surface area contributed by atoms with Gasteiger partial charge in [0.1, 0.15) is 0 Å². The van der Waals surface area contributed by atoms with Gasteiger partial charge in [-0.25, -0.2) is 0 Å². The van der Waals surface area contributed by atoms with Crippen LogP contribution in [0.2, 0.25) is 0 Å². The molecule has 4 aromatic rings. The number of rotatable bonds is 5. The summed E-state index contributed by atoms with van der Waals surface area (Å²) in [5, 5.41) is 4.92. The largest absolute Gasteiger partial charge is 0.399 e. The summed E-state index contributed by atoms with van der Waals surface area (Å²) >= 11 is 0. The van der Waals surface area contributed by atoms with Crippen molar-refractivity contribution in [2.24, 2.45) is 0 Å². The summed E-state index contributed by atoms with van der Waals surface area (Å²) in [6, 6.07) is 29.9. The van der Waals surface area contributed by atoms with Crippen LogP contribution in [0.4, 0.5) is 11.4 Å². The molecule has 3 N–H and O–H groups in total. The van der Waals surface area contributed by atoms with Crippen LogP contribution >= 0.6 is 0 Å². The molecule has 5 nitrogen and oxygen atoms in total. The number of likely N-dealkylation sites (tertiary alicyclic amines) is 1. The molecule has 1 aliphatic rings. The molecule has 0 aromatic heterocycles. The summed E-state index contributed by atoms with van der Waals surface area (Å²) in [6.45, 7) is 9.90. The standard InChI is InChI=1S/C17H14N2O.C12H15NO.2C2H6/c18-16-6-3-14-9-13(1-2-15(14)10-16)12-4-7-17(8-5-12)19-11-20;14-12(13-8-4-5-9-13)10-11-6-2-1-3-7-11;2*1-2/h1-11H,18H2,(H,19,20);1-3,6-7H,4-5,8-10H2;2*1-2H3. The summed E-state index contributed by atoms with van der Waals surface area (Å²) in [5.41, 5.74) is 10.7. The molecule has 0 radical (unpaired) electrons. The minimum atomic E-state index is 0.272. The van der Waals surface area contributed by atoms with Crippen LogP contribution in [0, 0.1) is 0 Å². The lowest BCUT2D eigenvalue weighted by Gasteiger charge is -2.14. The fourth-order valence-corrected chi connectivity index (χ4v) is 4.12. The minimum absolute atomic E-state index is 0.272. The van der Waals surface area contributed by atoms with Crippen molar-refractivity contribution in [3.05, 3.63) is 96.6 Å². The third-order valence-corrected chi connectivity index (χ3v) is 5.97. The Morgan fingerprint density at radius 3 is 2.00 bits per heavy atom. The molecular formula is C33H41N3O2. The normalized spacial score (nSPS) is 11.6. The van der Waals surface area contributed by atoms with Crippen molar-refractivity contribution in [1.82, 2.24) is 4.90 Å². The van der Waals surface area contributed by atoms with Crippen molar-refractivity contribution in [2.45, 2.75) is 47.0 Å². The first-order valence-corrected chi connectivity index (χ1v) is 13.5. The van der Waals surface area contributed by atoms with Gasteiger partial charge in [0, 0.05) is 24.5 Å². The smallest absolute Gasteiger partial charge is 0.226 e. The number of carbonyl (C=O) groups is 2. The molecule has 0 saturated carbocycles. The number of carbonyl (C=O) groups excluding carboxylic acids is 2. The zero-order valence-corrected chi connectivity index (χ0v) is 23.1. The van der Waals surface area contributed by atoms with Crippen molar-refractivity contribution in [1.29, 1.82) is 0 Å². The number of nitrogens with two attached hydrogens (primary N) is 1. The quantitative estimate of drug-likeness (QED) is 0.214. The first kappa shape index (κ1) is 30.1. The second-order valence-electron chi connectivity index (χ2n) is 8.41. The molecule has 4 aromatic carbocycles. The summed E-state index contributed by atoms with van der Waals surface area (Å²) in [4.78, 5) is 24.1. The number of nitrogens with one attached hydrogen (secondary N) is 1. The molecule has 5 rings (SSSR count). The molecule has 2 amide bonds. The maximum Gasteiger partial charge on any atom is 0.226 e. The molecule has 0 unspecified atom stereocenters. The van der Waals surface area contributed by atoms with Crippen LogP contribution in [0.3, 0.4) is 0 Å². The molecule has 5 heteroatoms. The van der Waals surface area contributed by atoms with Crippen molar-refractivity contribution < 1.29 is 9.59 Å². The lowest BCUT2D eigenvalue weighted by Crippen LogP contribution is -2.28. The highest BCUT2D eigenvalue weighted by atomic mass is 16.2. The molecular weight excluding hydrogens is 470 g/mol. The van der Waals surface area contributed by atoms with Gasteiger partial charge in [-0.05, 0) is 70.6 Å². The van der Waals surface area contributed by atoms with Crippen LogP contribution in [0.25, 0.3) is 21.9 Å². The van der Waals surface area contributed by atoms with Crippen LogP contribution in [0.1, 0.15) is 46.1 Å². The van der Waals surface area contributed by atoms with Gasteiger partial charge in [-0.1, -0.05) is 88.4 Å². The van der Waals surface area contributed by atoms with Crippen LogP contribution in [0.15, 0.2) is 91.0 Å². The van der Waals surface area contributed by atoms with Gasteiger partial charge in [0.15, 0.2) is 0 Å². The fraction of sp³-hybridized carbons (Fsp3) is 0.273. The Labute approximate surface area is 227 Å². The number of anilines is 2. The van der Waals surface area contributed by atoms with Gasteiger partial charge in [0.25, 0.3) is 0 Å². The van der Waals surface area contributed by atoms with Gasteiger partial charge in [0.2, 0.25) is 12.3 Å². The van der Waals surface area contributed by atoms with E-state index in [1.165, 1.54) is 12.8 Å². The Hall–Kier alpha value is -4.12. The fourth-order valence-electron chi connectivity index (χ4n) is 4.12. The van der Waals surface area contributed by atoms with Crippen LogP contribution in [0.5, 0.6) is 0 Å². The van der Waals surface area contributed by atoms with E-state index in [-0.39, 0.29) is 5.91 Å². The number of fused-ring (bicyclic) bond motifs is 1. The van der Waals surface area contributed by atoms with Crippen LogP contribution in [-0.2, 0) is 16.0 Å². The van der Waals surface area contributed by atoms with E-state index >= 15 is 0 Å². The Kier molecular flexibility index (Phi) is 13.1. The number of amides is 2. The molecule has 0 spiro atoms. The lowest BCUT2D eigenvalue weighted by molar-refractivity contribution is -0.129. The highest BCUT2D eigenvalue weighted by molar-refractivity contribution is 5.89. The number of nitrogen functional groups attached to an aromatic ring is 1. The van der Waals surface area contributed by atoms with E-state index in [0.29, 0.717) is 12.8 Å². The molecule has 200 valence electrons. The average Bonchev–Trinajstić information content (AvgIpc) is 3.52. The van der Waals surface area contributed by atoms with Gasteiger partial charge in [-0.15, -0.1) is 0 Å². The van der Waals surface area contributed by atoms with Gasteiger partial charge >= 0.3 is 0 Å².